The van der Waals surface area contributed by atoms with Crippen LogP contribution in [0, 0.1) is 0 Å². The molecule has 0 N–H and O–H groups in total. The maximum absolute atomic E-state index is 12.0. The summed E-state index contributed by atoms with van der Waals surface area (Å²) in [6.07, 6.45) is 8.36. The van der Waals surface area contributed by atoms with Crippen LogP contribution < -0.4 is 4.74 Å². The van der Waals surface area contributed by atoms with Gasteiger partial charge in [0.05, 0.1) is 19.1 Å². The summed E-state index contributed by atoms with van der Waals surface area (Å²) in [5, 5.41) is 0.678. The maximum Gasteiger partial charge on any atom is 0.174 e. The van der Waals surface area contributed by atoms with Crippen LogP contribution >= 0.6 is 11.8 Å². The van der Waals surface area contributed by atoms with E-state index in [9.17, 15) is 4.79 Å². The van der Waals surface area contributed by atoms with Gasteiger partial charge in [-0.05, 0) is 18.9 Å². The zero-order valence-electron chi connectivity index (χ0n) is 10.0. The molecule has 3 nitrogen and oxygen atoms in total. The number of carbonyl (C=O) groups excluding carboxylic acids is 1. The fourth-order valence-corrected chi connectivity index (χ4v) is 3.24. The predicted octanol–water partition coefficient (Wildman–Crippen LogP) is 2.95. The Labute approximate surface area is 106 Å². The zero-order chi connectivity index (χ0) is 12.1. The highest BCUT2D eigenvalue weighted by Gasteiger charge is 2.17. The molecule has 0 aromatic carbocycles. The SMILES string of the molecule is COc1cncc(C(=O)CSC2CCCC2)c1. The summed E-state index contributed by atoms with van der Waals surface area (Å²) in [4.78, 5) is 16.0. The molecule has 0 saturated heterocycles. The number of methoxy groups -OCH3 is 1. The van der Waals surface area contributed by atoms with E-state index in [4.69, 9.17) is 4.74 Å². The van der Waals surface area contributed by atoms with Crippen LogP contribution in [0.15, 0.2) is 18.5 Å². The van der Waals surface area contributed by atoms with Gasteiger partial charge in [-0.25, -0.2) is 0 Å². The lowest BCUT2D eigenvalue weighted by Gasteiger charge is -2.08. The van der Waals surface area contributed by atoms with E-state index >= 15 is 0 Å². The Kier molecular flexibility index (Phi) is 4.42. The number of hydrogen-bond donors (Lipinski definition) is 0. The molecular formula is C13H17NO2S. The lowest BCUT2D eigenvalue weighted by molar-refractivity contribution is 0.102. The first-order valence-electron chi connectivity index (χ1n) is 5.93. The van der Waals surface area contributed by atoms with E-state index in [-0.39, 0.29) is 5.78 Å². The van der Waals surface area contributed by atoms with E-state index in [1.165, 1.54) is 25.7 Å². The fraction of sp³-hybridized carbons (Fsp3) is 0.538. The van der Waals surface area contributed by atoms with Crippen molar-refractivity contribution in [1.29, 1.82) is 0 Å². The predicted molar refractivity (Wildman–Crippen MR) is 69.8 cm³/mol. The summed E-state index contributed by atoms with van der Waals surface area (Å²) in [6, 6.07) is 1.75. The summed E-state index contributed by atoms with van der Waals surface area (Å²) in [5.74, 6) is 1.34. The van der Waals surface area contributed by atoms with Crippen LogP contribution in [0.1, 0.15) is 36.0 Å². The van der Waals surface area contributed by atoms with Gasteiger partial charge >= 0.3 is 0 Å². The molecule has 17 heavy (non-hydrogen) atoms. The molecule has 4 heteroatoms. The molecule has 1 aromatic rings. The molecule has 0 bridgehead atoms. The molecule has 0 spiro atoms. The van der Waals surface area contributed by atoms with Gasteiger partial charge in [0.2, 0.25) is 0 Å². The Bertz CT molecular complexity index is 389. The summed E-state index contributed by atoms with van der Waals surface area (Å²) in [6.45, 7) is 0. The summed E-state index contributed by atoms with van der Waals surface area (Å²) in [5.41, 5.74) is 0.648. The average molecular weight is 251 g/mol. The van der Waals surface area contributed by atoms with E-state index in [1.54, 1.807) is 37.3 Å². The third-order valence-corrected chi connectivity index (χ3v) is 4.39. The summed E-state index contributed by atoms with van der Waals surface area (Å²) in [7, 11) is 1.58. The van der Waals surface area contributed by atoms with Gasteiger partial charge in [-0.3, -0.25) is 9.78 Å². The van der Waals surface area contributed by atoms with Crippen LogP contribution in [-0.4, -0.2) is 28.9 Å². The van der Waals surface area contributed by atoms with Gasteiger partial charge < -0.3 is 4.74 Å². The van der Waals surface area contributed by atoms with Crippen molar-refractivity contribution in [2.24, 2.45) is 0 Å². The van der Waals surface area contributed by atoms with Gasteiger partial charge in [-0.15, -0.1) is 0 Å². The molecule has 0 atom stereocenters. The second-order valence-corrected chi connectivity index (χ2v) is 5.54. The van der Waals surface area contributed by atoms with Gasteiger partial charge in [0.25, 0.3) is 0 Å². The molecule has 0 unspecified atom stereocenters. The van der Waals surface area contributed by atoms with Crippen LogP contribution in [0.25, 0.3) is 0 Å². The normalized spacial score (nSPS) is 16.1. The van der Waals surface area contributed by atoms with Crippen molar-refractivity contribution in [2.45, 2.75) is 30.9 Å². The topological polar surface area (TPSA) is 39.2 Å². The van der Waals surface area contributed by atoms with E-state index in [1.807, 2.05) is 0 Å². The summed E-state index contributed by atoms with van der Waals surface area (Å²) < 4.78 is 5.06. The van der Waals surface area contributed by atoms with Crippen LogP contribution in [0.5, 0.6) is 5.75 Å². The van der Waals surface area contributed by atoms with Gasteiger partial charge in [-0.1, -0.05) is 12.8 Å². The highest BCUT2D eigenvalue weighted by atomic mass is 32.2. The quantitative estimate of drug-likeness (QED) is 0.754. The van der Waals surface area contributed by atoms with Crippen LogP contribution in [-0.2, 0) is 0 Å². The van der Waals surface area contributed by atoms with Crippen molar-refractivity contribution < 1.29 is 9.53 Å². The first-order chi connectivity index (χ1) is 8.29. The monoisotopic (exact) mass is 251 g/mol. The van der Waals surface area contributed by atoms with E-state index < -0.39 is 0 Å². The average Bonchev–Trinajstić information content (AvgIpc) is 2.89. The number of pyridine rings is 1. The van der Waals surface area contributed by atoms with Crippen molar-refractivity contribution in [1.82, 2.24) is 4.98 Å². The first-order valence-corrected chi connectivity index (χ1v) is 6.98. The van der Waals surface area contributed by atoms with E-state index in [0.29, 0.717) is 22.3 Å². The molecule has 1 aromatic heterocycles. The molecule has 0 radical (unpaired) electrons. The Morgan fingerprint density at radius 1 is 1.47 bits per heavy atom. The molecular weight excluding hydrogens is 234 g/mol. The molecule has 92 valence electrons. The smallest absolute Gasteiger partial charge is 0.174 e. The number of carbonyl (C=O) groups is 1. The molecule has 1 aliphatic carbocycles. The number of Topliss-reactive ketones (excluding diaryl/α,β-unsaturated/α-hetero) is 1. The number of hydrogen-bond acceptors (Lipinski definition) is 4. The standard InChI is InChI=1S/C13H17NO2S/c1-16-11-6-10(7-14-8-11)13(15)9-17-12-4-2-3-5-12/h6-8,12H,2-5,9H2,1H3. The second kappa shape index (κ2) is 6.05. The molecule has 1 heterocycles. The summed E-state index contributed by atoms with van der Waals surface area (Å²) >= 11 is 1.78. The second-order valence-electron chi connectivity index (χ2n) is 4.25. The number of thioether (sulfide) groups is 1. The Hall–Kier alpha value is -1.03. The molecule has 0 aliphatic heterocycles. The number of aromatic nitrogens is 1. The largest absolute Gasteiger partial charge is 0.495 e. The minimum absolute atomic E-state index is 0.147. The van der Waals surface area contributed by atoms with Crippen LogP contribution in [0.2, 0.25) is 0 Å². The van der Waals surface area contributed by atoms with Crippen molar-refractivity contribution in [2.75, 3.05) is 12.9 Å². The van der Waals surface area contributed by atoms with Crippen molar-refractivity contribution in [3.8, 4) is 5.75 Å². The number of ether oxygens (including phenoxy) is 1. The Morgan fingerprint density at radius 2 is 2.24 bits per heavy atom. The molecule has 1 fully saturated rings. The van der Waals surface area contributed by atoms with Gasteiger partial charge in [-0.2, -0.15) is 11.8 Å². The van der Waals surface area contributed by atoms with E-state index in [0.717, 1.165) is 0 Å². The lowest BCUT2D eigenvalue weighted by Crippen LogP contribution is -2.07. The fourth-order valence-electron chi connectivity index (χ4n) is 2.01. The highest BCUT2D eigenvalue weighted by Crippen LogP contribution is 2.29. The third-order valence-electron chi connectivity index (χ3n) is 3.02. The number of rotatable bonds is 5. The molecule has 1 aliphatic rings. The van der Waals surface area contributed by atoms with Gasteiger partial charge in [0.15, 0.2) is 5.78 Å². The molecule has 1 saturated carbocycles. The molecule has 2 rings (SSSR count). The van der Waals surface area contributed by atoms with Crippen LogP contribution in [0.4, 0.5) is 0 Å². The highest BCUT2D eigenvalue weighted by molar-refractivity contribution is 8.00. The van der Waals surface area contributed by atoms with Crippen molar-refractivity contribution in [3.05, 3.63) is 24.0 Å². The first kappa shape index (κ1) is 12.4. The number of nitrogens with zero attached hydrogens (tertiary/aromatic N) is 1. The zero-order valence-corrected chi connectivity index (χ0v) is 10.8. The van der Waals surface area contributed by atoms with Gasteiger partial charge in [0.1, 0.15) is 5.75 Å². The molecule has 0 amide bonds. The van der Waals surface area contributed by atoms with Crippen molar-refractivity contribution in [3.63, 3.8) is 0 Å². The lowest BCUT2D eigenvalue weighted by atomic mass is 10.2. The van der Waals surface area contributed by atoms with Crippen LogP contribution in [0.3, 0.4) is 0 Å². The minimum atomic E-state index is 0.147. The van der Waals surface area contributed by atoms with Crippen molar-refractivity contribution >= 4 is 17.5 Å². The van der Waals surface area contributed by atoms with E-state index in [2.05, 4.69) is 4.98 Å². The van der Waals surface area contributed by atoms with Gasteiger partial charge in [0, 0.05) is 17.0 Å². The maximum atomic E-state index is 12.0. The number of ketones is 1. The Balaban J connectivity index is 1.89. The Morgan fingerprint density at radius 3 is 2.94 bits per heavy atom. The third kappa shape index (κ3) is 3.46. The minimum Gasteiger partial charge on any atom is -0.495 e.